The highest BCUT2D eigenvalue weighted by Crippen LogP contribution is 2.37. The lowest BCUT2D eigenvalue weighted by molar-refractivity contribution is 1.01. The van der Waals surface area contributed by atoms with Crippen molar-refractivity contribution in [1.29, 1.82) is 0 Å². The van der Waals surface area contributed by atoms with Crippen molar-refractivity contribution in [3.05, 3.63) is 121 Å². The highest BCUT2D eigenvalue weighted by molar-refractivity contribution is 6.12. The summed E-state index contributed by atoms with van der Waals surface area (Å²) in [6.07, 6.45) is 0. The minimum Gasteiger partial charge on any atom is -0.344 e. The fourth-order valence-electron chi connectivity index (χ4n) is 7.24. The lowest BCUT2D eigenvalue weighted by atomic mass is 10.00. The Bertz CT molecular complexity index is 2370. The number of hydrogen-bond donors (Lipinski definition) is 0. The molecule has 0 fully saturated rings. The van der Waals surface area contributed by atoms with Crippen molar-refractivity contribution in [3.8, 4) is 22.3 Å². The van der Waals surface area contributed by atoms with Gasteiger partial charge in [0.1, 0.15) is 0 Å². The molecule has 3 heterocycles. The Labute approximate surface area is 243 Å². The van der Waals surface area contributed by atoms with Crippen molar-refractivity contribution in [3.63, 3.8) is 0 Å². The second-order valence-electron chi connectivity index (χ2n) is 11.6. The Kier molecular flexibility index (Phi) is 4.67. The molecular weight excluding hydrogens is 510 g/mol. The predicted molar refractivity (Wildman–Crippen MR) is 179 cm³/mol. The molecule has 9 rings (SSSR count). The molecule has 3 aromatic heterocycles. The van der Waals surface area contributed by atoms with E-state index in [-0.39, 0.29) is 0 Å². The average Bonchev–Trinajstić information content (AvgIpc) is 3.61. The Morgan fingerprint density at radius 2 is 0.548 bits per heavy atom. The molecule has 3 nitrogen and oxygen atoms in total. The molecule has 0 amide bonds. The SMILES string of the molecule is Cn1c2ccccc2c2ccc(-c3ccc4c5ccc(-c6ccc7c8ccccc8n(C)c7c6)cc5n(C)c4c3)cc21. The number of fused-ring (bicyclic) bond motifs is 9. The van der Waals surface area contributed by atoms with Crippen molar-refractivity contribution in [2.24, 2.45) is 21.1 Å². The maximum Gasteiger partial charge on any atom is 0.0494 e. The third-order valence-electron chi connectivity index (χ3n) is 9.50. The van der Waals surface area contributed by atoms with Gasteiger partial charge >= 0.3 is 0 Å². The van der Waals surface area contributed by atoms with E-state index >= 15 is 0 Å². The van der Waals surface area contributed by atoms with Crippen LogP contribution in [0, 0.1) is 0 Å². The van der Waals surface area contributed by atoms with E-state index in [1.165, 1.54) is 87.7 Å². The van der Waals surface area contributed by atoms with Gasteiger partial charge in [0, 0.05) is 86.6 Å². The van der Waals surface area contributed by atoms with E-state index in [1.54, 1.807) is 0 Å². The highest BCUT2D eigenvalue weighted by Gasteiger charge is 2.14. The van der Waals surface area contributed by atoms with Crippen LogP contribution in [0.1, 0.15) is 0 Å². The molecule has 0 aliphatic heterocycles. The molecule has 6 aromatic carbocycles. The van der Waals surface area contributed by atoms with Crippen molar-refractivity contribution in [2.75, 3.05) is 0 Å². The van der Waals surface area contributed by atoms with Crippen molar-refractivity contribution in [2.45, 2.75) is 0 Å². The molecule has 0 aliphatic carbocycles. The minimum atomic E-state index is 1.24. The Morgan fingerprint density at radius 1 is 0.286 bits per heavy atom. The van der Waals surface area contributed by atoms with Crippen LogP contribution in [0.3, 0.4) is 0 Å². The first-order valence-corrected chi connectivity index (χ1v) is 14.5. The van der Waals surface area contributed by atoms with E-state index in [4.69, 9.17) is 0 Å². The number of para-hydroxylation sites is 2. The predicted octanol–water partition coefficient (Wildman–Crippen LogP) is 9.96. The number of hydrogen-bond acceptors (Lipinski definition) is 0. The topological polar surface area (TPSA) is 14.8 Å². The van der Waals surface area contributed by atoms with Crippen LogP contribution in [-0.4, -0.2) is 13.7 Å². The van der Waals surface area contributed by atoms with Crippen LogP contribution in [0.25, 0.3) is 87.7 Å². The lowest BCUT2D eigenvalue weighted by Gasteiger charge is -2.06. The summed E-state index contributed by atoms with van der Waals surface area (Å²) in [6.45, 7) is 0. The van der Waals surface area contributed by atoms with Gasteiger partial charge in [-0.05, 0) is 58.7 Å². The zero-order chi connectivity index (χ0) is 28.1. The Hall–Kier alpha value is -5.28. The lowest BCUT2D eigenvalue weighted by Crippen LogP contribution is -1.89. The molecule has 0 N–H and O–H groups in total. The first-order valence-electron chi connectivity index (χ1n) is 14.5. The molecular formula is C39H29N3. The van der Waals surface area contributed by atoms with E-state index in [1.807, 2.05) is 0 Å². The summed E-state index contributed by atoms with van der Waals surface area (Å²) in [4.78, 5) is 0. The highest BCUT2D eigenvalue weighted by atomic mass is 14.9. The zero-order valence-corrected chi connectivity index (χ0v) is 23.9. The number of rotatable bonds is 2. The van der Waals surface area contributed by atoms with Crippen LogP contribution in [0.2, 0.25) is 0 Å². The normalized spacial score (nSPS) is 12.2. The standard InChI is InChI=1S/C39H29N3/c1-40-34-10-6-4-8-28(34)30-16-12-24(20-36(30)40)26-14-18-32-33-19-15-27(23-39(33)42(3)38(32)22-26)25-13-17-31-29-9-5-7-11-35(29)41(2)37(31)21-25/h4-23H,1-3H3. The van der Waals surface area contributed by atoms with Gasteiger partial charge in [-0.2, -0.15) is 0 Å². The molecule has 0 unspecified atom stereocenters. The fourth-order valence-corrected chi connectivity index (χ4v) is 7.24. The molecule has 0 saturated carbocycles. The quantitative estimate of drug-likeness (QED) is 0.208. The minimum absolute atomic E-state index is 1.24. The van der Waals surface area contributed by atoms with Crippen LogP contribution in [-0.2, 0) is 21.1 Å². The summed E-state index contributed by atoms with van der Waals surface area (Å²) in [6, 6.07) is 44.9. The van der Waals surface area contributed by atoms with E-state index in [0.29, 0.717) is 0 Å². The number of benzene rings is 6. The molecule has 0 bridgehead atoms. The first-order chi connectivity index (χ1) is 20.6. The third-order valence-corrected chi connectivity index (χ3v) is 9.50. The molecule has 42 heavy (non-hydrogen) atoms. The third kappa shape index (κ3) is 3.11. The maximum absolute atomic E-state index is 2.35. The van der Waals surface area contributed by atoms with Gasteiger partial charge < -0.3 is 13.7 Å². The van der Waals surface area contributed by atoms with Gasteiger partial charge in [-0.15, -0.1) is 0 Å². The Balaban J connectivity index is 1.17. The van der Waals surface area contributed by atoms with Crippen LogP contribution in [0.15, 0.2) is 121 Å². The number of nitrogens with zero attached hydrogens (tertiary/aromatic N) is 3. The van der Waals surface area contributed by atoms with E-state index in [9.17, 15) is 0 Å². The monoisotopic (exact) mass is 539 g/mol. The number of aromatic nitrogens is 3. The Morgan fingerprint density at radius 3 is 0.881 bits per heavy atom. The first kappa shape index (κ1) is 23.4. The van der Waals surface area contributed by atoms with Gasteiger partial charge in [-0.3, -0.25) is 0 Å². The molecule has 0 atom stereocenters. The molecule has 0 spiro atoms. The molecule has 3 heteroatoms. The van der Waals surface area contributed by atoms with E-state index in [2.05, 4.69) is 156 Å². The molecule has 0 radical (unpaired) electrons. The fraction of sp³-hybridized carbons (Fsp3) is 0.0769. The van der Waals surface area contributed by atoms with Crippen molar-refractivity contribution >= 4 is 65.4 Å². The van der Waals surface area contributed by atoms with Crippen molar-refractivity contribution < 1.29 is 0 Å². The van der Waals surface area contributed by atoms with Crippen molar-refractivity contribution in [1.82, 2.24) is 13.7 Å². The smallest absolute Gasteiger partial charge is 0.0494 e. The van der Waals surface area contributed by atoms with Gasteiger partial charge in [0.25, 0.3) is 0 Å². The largest absolute Gasteiger partial charge is 0.344 e. The van der Waals surface area contributed by atoms with Crippen LogP contribution >= 0.6 is 0 Å². The van der Waals surface area contributed by atoms with Crippen LogP contribution in [0.5, 0.6) is 0 Å². The second kappa shape index (κ2) is 8.37. The van der Waals surface area contributed by atoms with E-state index in [0.717, 1.165) is 0 Å². The maximum atomic E-state index is 2.35. The summed E-state index contributed by atoms with van der Waals surface area (Å²) < 4.78 is 6.96. The van der Waals surface area contributed by atoms with Gasteiger partial charge in [0.2, 0.25) is 0 Å². The summed E-state index contributed by atoms with van der Waals surface area (Å²) in [7, 11) is 6.52. The van der Waals surface area contributed by atoms with Gasteiger partial charge in [-0.25, -0.2) is 0 Å². The van der Waals surface area contributed by atoms with Crippen LogP contribution < -0.4 is 0 Å². The van der Waals surface area contributed by atoms with Gasteiger partial charge in [0.15, 0.2) is 0 Å². The van der Waals surface area contributed by atoms with Crippen LogP contribution in [0.4, 0.5) is 0 Å². The summed E-state index contributed by atoms with van der Waals surface area (Å²) in [5.41, 5.74) is 12.5. The summed E-state index contributed by atoms with van der Waals surface area (Å²) >= 11 is 0. The molecule has 200 valence electrons. The zero-order valence-electron chi connectivity index (χ0n) is 23.9. The average molecular weight is 540 g/mol. The molecule has 0 saturated heterocycles. The summed E-state index contributed by atoms with van der Waals surface area (Å²) in [5, 5.41) is 7.80. The summed E-state index contributed by atoms with van der Waals surface area (Å²) in [5.74, 6) is 0. The molecule has 0 aliphatic rings. The van der Waals surface area contributed by atoms with Gasteiger partial charge in [-0.1, -0.05) is 84.9 Å². The van der Waals surface area contributed by atoms with E-state index < -0.39 is 0 Å². The molecule has 9 aromatic rings. The van der Waals surface area contributed by atoms with Gasteiger partial charge in [0.05, 0.1) is 0 Å². The number of aryl methyl sites for hydroxylation is 3. The second-order valence-corrected chi connectivity index (χ2v) is 11.6.